The lowest BCUT2D eigenvalue weighted by Gasteiger charge is -2.35. The van der Waals surface area contributed by atoms with Crippen LogP contribution in [0.5, 0.6) is 0 Å². The molecular weight excluding hydrogens is 260 g/mol. The average Bonchev–Trinajstić information content (AvgIpc) is 3.00. The molecule has 0 N–H and O–H groups in total. The lowest BCUT2D eigenvalue weighted by atomic mass is 9.69. The molecule has 0 saturated heterocycles. The molecule has 3 unspecified atom stereocenters. The highest BCUT2D eigenvalue weighted by atomic mass is 16.5. The average molecular weight is 288 g/mol. The maximum absolute atomic E-state index is 11.4. The lowest BCUT2D eigenvalue weighted by Crippen LogP contribution is -2.25. The van der Waals surface area contributed by atoms with Gasteiger partial charge in [0.2, 0.25) is 0 Å². The van der Waals surface area contributed by atoms with Crippen LogP contribution in [0.2, 0.25) is 0 Å². The van der Waals surface area contributed by atoms with E-state index in [0.29, 0.717) is 0 Å². The van der Waals surface area contributed by atoms with E-state index >= 15 is 0 Å². The molecule has 0 radical (unpaired) electrons. The third kappa shape index (κ3) is 3.30. The largest absolute Gasteiger partial charge is 0.434 e. The van der Waals surface area contributed by atoms with E-state index in [0.717, 1.165) is 23.8 Å². The summed E-state index contributed by atoms with van der Waals surface area (Å²) in [6.07, 6.45) is 10.9. The van der Waals surface area contributed by atoms with Crippen LogP contribution in [0.15, 0.2) is 36.1 Å². The monoisotopic (exact) mass is 288 g/mol. The van der Waals surface area contributed by atoms with Crippen molar-refractivity contribution >= 4 is 5.97 Å². The van der Waals surface area contributed by atoms with Crippen LogP contribution in [0.4, 0.5) is 0 Å². The predicted molar refractivity (Wildman–Crippen MR) is 86.5 cm³/mol. The first-order valence-electron chi connectivity index (χ1n) is 8.07. The first-order chi connectivity index (χ1) is 9.84. The number of carbonyl (C=O) groups excluding carboxylic acids is 1. The van der Waals surface area contributed by atoms with Crippen molar-refractivity contribution in [1.82, 2.24) is 0 Å². The van der Waals surface area contributed by atoms with Crippen molar-refractivity contribution in [1.29, 1.82) is 0 Å². The summed E-state index contributed by atoms with van der Waals surface area (Å²) >= 11 is 0. The van der Waals surface area contributed by atoms with Gasteiger partial charge in [0.15, 0.2) is 0 Å². The van der Waals surface area contributed by atoms with Gasteiger partial charge in [0, 0.05) is 0 Å². The van der Waals surface area contributed by atoms with Gasteiger partial charge in [-0.2, -0.15) is 0 Å². The number of ether oxygens (including phenoxy) is 1. The number of fused-ring (bicyclic) bond motifs is 2. The Morgan fingerprint density at radius 2 is 2.19 bits per heavy atom. The summed E-state index contributed by atoms with van der Waals surface area (Å²) in [5, 5.41) is 0. The quantitative estimate of drug-likeness (QED) is 0.307. The first kappa shape index (κ1) is 16.1. The molecule has 116 valence electrons. The number of carbonyl (C=O) groups is 1. The second-order valence-corrected chi connectivity index (χ2v) is 7.21. The maximum Gasteiger partial charge on any atom is 0.313 e. The molecule has 0 aliphatic heterocycles. The normalized spacial score (nSPS) is 32.4. The zero-order chi connectivity index (χ0) is 15.6. The van der Waals surface area contributed by atoms with Gasteiger partial charge in [0.25, 0.3) is 0 Å². The Kier molecular flexibility index (Phi) is 4.75. The predicted octanol–water partition coefficient (Wildman–Crippen LogP) is 5.03. The molecule has 2 heteroatoms. The van der Waals surface area contributed by atoms with Gasteiger partial charge in [-0.05, 0) is 55.4 Å². The fourth-order valence-corrected chi connectivity index (χ4v) is 3.72. The number of rotatable bonds is 5. The number of esters is 1. The van der Waals surface area contributed by atoms with Gasteiger partial charge in [-0.3, -0.25) is 4.79 Å². The van der Waals surface area contributed by atoms with Crippen molar-refractivity contribution in [3.63, 3.8) is 0 Å². The maximum atomic E-state index is 11.4. The minimum atomic E-state index is -0.184. The molecule has 0 aromatic heterocycles. The van der Waals surface area contributed by atoms with Crippen LogP contribution in [-0.4, -0.2) is 5.97 Å². The minimum Gasteiger partial charge on any atom is -0.434 e. The molecule has 0 spiro atoms. The first-order valence-corrected chi connectivity index (χ1v) is 8.07. The summed E-state index contributed by atoms with van der Waals surface area (Å²) in [4.78, 5) is 11.4. The van der Waals surface area contributed by atoms with Crippen LogP contribution in [0.1, 0.15) is 53.4 Å². The van der Waals surface area contributed by atoms with Crippen LogP contribution in [0.3, 0.4) is 0 Å². The Hall–Kier alpha value is -1.31. The van der Waals surface area contributed by atoms with Gasteiger partial charge >= 0.3 is 5.97 Å². The Morgan fingerprint density at radius 1 is 1.48 bits per heavy atom. The lowest BCUT2D eigenvalue weighted by molar-refractivity contribution is -0.141. The smallest absolute Gasteiger partial charge is 0.313 e. The van der Waals surface area contributed by atoms with E-state index in [9.17, 15) is 4.79 Å². The highest BCUT2D eigenvalue weighted by Crippen LogP contribution is 2.60. The summed E-state index contributed by atoms with van der Waals surface area (Å²) in [5.41, 5.74) is 2.70. The summed E-state index contributed by atoms with van der Waals surface area (Å²) in [5.74, 6) is 1.30. The van der Waals surface area contributed by atoms with Gasteiger partial charge in [0.05, 0.1) is 12.2 Å². The van der Waals surface area contributed by atoms with E-state index in [2.05, 4.69) is 25.7 Å². The number of hydrogen-bond donors (Lipinski definition) is 0. The van der Waals surface area contributed by atoms with Gasteiger partial charge in [0.1, 0.15) is 0 Å². The molecule has 21 heavy (non-hydrogen) atoms. The molecule has 2 nitrogen and oxygen atoms in total. The van der Waals surface area contributed by atoms with Crippen LogP contribution < -0.4 is 0 Å². The third-order valence-electron chi connectivity index (χ3n) is 5.32. The van der Waals surface area contributed by atoms with Crippen LogP contribution in [0, 0.1) is 23.2 Å². The zero-order valence-electron chi connectivity index (χ0n) is 13.8. The standard InChI is InChI=1S/C19H28O2/c1-13(2)18(20)21-12-14(3)7-6-10-19(5)15(4)16-8-9-17(19)11-16/h6-7,12-13,16-17H,4,8-11H2,1-3,5H3. The van der Waals surface area contributed by atoms with E-state index in [1.54, 1.807) is 6.26 Å². The summed E-state index contributed by atoms with van der Waals surface area (Å²) < 4.78 is 5.11. The van der Waals surface area contributed by atoms with Crippen LogP contribution in [0.25, 0.3) is 0 Å². The fourth-order valence-electron chi connectivity index (χ4n) is 3.72. The molecule has 0 amide bonds. The van der Waals surface area contributed by atoms with Crippen molar-refractivity contribution in [2.75, 3.05) is 0 Å². The van der Waals surface area contributed by atoms with Crippen LogP contribution in [-0.2, 0) is 9.53 Å². The number of hydrogen-bond acceptors (Lipinski definition) is 2. The van der Waals surface area contributed by atoms with Crippen molar-refractivity contribution in [2.24, 2.45) is 23.2 Å². The Balaban J connectivity index is 1.89. The van der Waals surface area contributed by atoms with Gasteiger partial charge in [-0.25, -0.2) is 0 Å². The molecule has 2 fully saturated rings. The fraction of sp³-hybridized carbons (Fsp3) is 0.632. The second-order valence-electron chi connectivity index (χ2n) is 7.21. The molecule has 2 aliphatic rings. The SMILES string of the molecule is C=C1C2CCC(C2)C1(C)CC=CC(C)=COC(=O)C(C)C. The molecule has 2 aliphatic carbocycles. The summed E-state index contributed by atoms with van der Waals surface area (Å²) in [6.45, 7) is 12.3. The van der Waals surface area contributed by atoms with E-state index in [-0.39, 0.29) is 17.3 Å². The van der Waals surface area contributed by atoms with Crippen LogP contribution >= 0.6 is 0 Å². The van der Waals surface area contributed by atoms with Gasteiger partial charge in [-0.15, -0.1) is 0 Å². The molecule has 2 saturated carbocycles. The highest BCUT2D eigenvalue weighted by molar-refractivity contribution is 5.72. The minimum absolute atomic E-state index is 0.0886. The molecular formula is C19H28O2. The van der Waals surface area contributed by atoms with Crippen molar-refractivity contribution in [3.8, 4) is 0 Å². The molecule has 2 rings (SSSR count). The molecule has 3 atom stereocenters. The summed E-state index contributed by atoms with van der Waals surface area (Å²) in [7, 11) is 0. The van der Waals surface area contributed by atoms with Crippen molar-refractivity contribution in [3.05, 3.63) is 36.1 Å². The highest BCUT2D eigenvalue weighted by Gasteiger charge is 2.49. The van der Waals surface area contributed by atoms with Gasteiger partial charge < -0.3 is 4.74 Å². The molecule has 0 heterocycles. The second kappa shape index (κ2) is 6.21. The van der Waals surface area contributed by atoms with E-state index in [4.69, 9.17) is 4.74 Å². The van der Waals surface area contributed by atoms with E-state index in [1.165, 1.54) is 24.8 Å². The van der Waals surface area contributed by atoms with E-state index in [1.807, 2.05) is 20.8 Å². The molecule has 2 bridgehead atoms. The molecule has 0 aromatic carbocycles. The van der Waals surface area contributed by atoms with Crippen molar-refractivity contribution in [2.45, 2.75) is 53.4 Å². The number of allylic oxidation sites excluding steroid dienone is 4. The summed E-state index contributed by atoms with van der Waals surface area (Å²) in [6, 6.07) is 0. The Labute approximate surface area is 129 Å². The Bertz CT molecular complexity index is 484. The van der Waals surface area contributed by atoms with Crippen molar-refractivity contribution < 1.29 is 9.53 Å². The molecule has 0 aromatic rings. The van der Waals surface area contributed by atoms with E-state index < -0.39 is 0 Å². The topological polar surface area (TPSA) is 26.3 Å². The van der Waals surface area contributed by atoms with Gasteiger partial charge in [-0.1, -0.05) is 45.1 Å². The Morgan fingerprint density at radius 3 is 2.76 bits per heavy atom. The third-order valence-corrected chi connectivity index (χ3v) is 5.32. The zero-order valence-corrected chi connectivity index (χ0v) is 13.8.